The molecular weight excluding hydrogens is 258 g/mol. The average Bonchev–Trinajstić information content (AvgIpc) is 2.52. The fraction of sp³-hybridized carbons (Fsp3) is 0.632. The zero-order valence-corrected chi connectivity index (χ0v) is 14.7. The Kier molecular flexibility index (Phi) is 4.46. The van der Waals surface area contributed by atoms with E-state index in [1.54, 1.807) is 0 Å². The lowest BCUT2D eigenvalue weighted by molar-refractivity contribution is 0.142. The first-order valence-electron chi connectivity index (χ1n) is 8.12. The predicted octanol–water partition coefficient (Wildman–Crippen LogP) is 5.34. The normalized spacial score (nSPS) is 21.9. The van der Waals surface area contributed by atoms with Crippen molar-refractivity contribution >= 4 is 5.57 Å². The summed E-state index contributed by atoms with van der Waals surface area (Å²) < 4.78 is 6.01. The molecule has 0 aromatic carbocycles. The maximum atomic E-state index is 6.01. The minimum Gasteiger partial charge on any atom is -0.497 e. The van der Waals surface area contributed by atoms with Crippen molar-refractivity contribution in [1.29, 1.82) is 0 Å². The molecule has 0 spiro atoms. The van der Waals surface area contributed by atoms with Crippen LogP contribution in [0.3, 0.4) is 0 Å². The van der Waals surface area contributed by atoms with Crippen molar-refractivity contribution in [3.63, 3.8) is 0 Å². The van der Waals surface area contributed by atoms with Gasteiger partial charge in [-0.25, -0.2) is 0 Å². The molecule has 0 unspecified atom stereocenters. The smallest absolute Gasteiger partial charge is 0.102 e. The van der Waals surface area contributed by atoms with E-state index in [9.17, 15) is 0 Å². The molecule has 0 amide bonds. The minimum absolute atomic E-state index is 0.195. The maximum Gasteiger partial charge on any atom is 0.102 e. The molecule has 2 heterocycles. The molecule has 1 aromatic heterocycles. The quantitative estimate of drug-likeness (QED) is 0.732. The first-order chi connectivity index (χ1) is 9.75. The highest BCUT2D eigenvalue weighted by Crippen LogP contribution is 2.41. The number of ether oxygens (including phenoxy) is 1. The van der Waals surface area contributed by atoms with Gasteiger partial charge in [-0.1, -0.05) is 34.6 Å². The van der Waals surface area contributed by atoms with Crippen LogP contribution in [0.25, 0.3) is 5.57 Å². The minimum atomic E-state index is 0.195. The Morgan fingerprint density at radius 2 is 1.67 bits per heavy atom. The Balaban J connectivity index is 2.86. The van der Waals surface area contributed by atoms with Gasteiger partial charge in [-0.15, -0.1) is 0 Å². The fourth-order valence-corrected chi connectivity index (χ4v) is 3.15. The molecule has 0 aliphatic carbocycles. The van der Waals surface area contributed by atoms with Crippen molar-refractivity contribution in [2.45, 2.75) is 73.3 Å². The summed E-state index contributed by atoms with van der Waals surface area (Å²) in [5.74, 6) is 1.23. The van der Waals surface area contributed by atoms with E-state index in [0.29, 0.717) is 17.8 Å². The third-order valence-electron chi connectivity index (χ3n) is 4.79. The lowest BCUT2D eigenvalue weighted by atomic mass is 9.81. The van der Waals surface area contributed by atoms with E-state index in [2.05, 4.69) is 55.4 Å². The molecule has 2 heteroatoms. The molecule has 0 radical (unpaired) electrons. The molecule has 0 N–H and O–H groups in total. The highest BCUT2D eigenvalue weighted by atomic mass is 16.5. The molecule has 0 saturated heterocycles. The molecule has 1 aliphatic rings. The van der Waals surface area contributed by atoms with Crippen LogP contribution in [0, 0.1) is 19.8 Å². The fourth-order valence-electron chi connectivity index (χ4n) is 3.15. The van der Waals surface area contributed by atoms with Crippen LogP contribution in [0.2, 0.25) is 0 Å². The number of allylic oxidation sites excluding steroid dienone is 1. The molecular formula is C19H29NO. The molecule has 2 rings (SSSR count). The first kappa shape index (κ1) is 16.1. The van der Waals surface area contributed by atoms with Crippen LogP contribution in [0.5, 0.6) is 0 Å². The standard InChI is InChI=1S/C19H29NO/c1-10(2)16-9-21-15(8)13(6)17-12(5)14(7)20-19(11(3)4)18(16)17/h9-11,13,15H,1-8H3/t13-,15+/m1/s1. The second kappa shape index (κ2) is 5.82. The Hall–Kier alpha value is -1.31. The van der Waals surface area contributed by atoms with Crippen LogP contribution in [0.1, 0.15) is 81.5 Å². The number of aromatic nitrogens is 1. The van der Waals surface area contributed by atoms with Crippen molar-refractivity contribution in [1.82, 2.24) is 4.98 Å². The number of nitrogens with zero attached hydrogens (tertiary/aromatic N) is 1. The molecule has 2 nitrogen and oxygen atoms in total. The Morgan fingerprint density at radius 3 is 2.19 bits per heavy atom. The van der Waals surface area contributed by atoms with Crippen molar-refractivity contribution in [3.05, 3.63) is 34.3 Å². The van der Waals surface area contributed by atoms with Crippen molar-refractivity contribution in [3.8, 4) is 0 Å². The van der Waals surface area contributed by atoms with E-state index in [1.165, 1.54) is 28.0 Å². The SMILES string of the molecule is Cc1nc(C(C)C)c2c(c1C)[C@H](C)[C@H](C)OC=C2C(C)C. The number of aryl methyl sites for hydroxylation is 1. The second-order valence-electron chi connectivity index (χ2n) is 7.01. The summed E-state index contributed by atoms with van der Waals surface area (Å²) >= 11 is 0. The molecule has 116 valence electrons. The van der Waals surface area contributed by atoms with Gasteiger partial charge < -0.3 is 4.74 Å². The van der Waals surface area contributed by atoms with E-state index >= 15 is 0 Å². The number of rotatable bonds is 2. The van der Waals surface area contributed by atoms with Gasteiger partial charge in [0.2, 0.25) is 0 Å². The Bertz CT molecular complexity index is 569. The monoisotopic (exact) mass is 287 g/mol. The van der Waals surface area contributed by atoms with Gasteiger partial charge in [-0.3, -0.25) is 4.98 Å². The summed E-state index contributed by atoms with van der Waals surface area (Å²) in [6.07, 6.45) is 2.18. The second-order valence-corrected chi connectivity index (χ2v) is 7.01. The number of hydrogen-bond acceptors (Lipinski definition) is 2. The molecule has 2 atom stereocenters. The van der Waals surface area contributed by atoms with Crippen LogP contribution < -0.4 is 0 Å². The average molecular weight is 287 g/mol. The van der Waals surface area contributed by atoms with Crippen molar-refractivity contribution in [2.24, 2.45) is 5.92 Å². The zero-order chi connectivity index (χ0) is 15.9. The highest BCUT2D eigenvalue weighted by molar-refractivity contribution is 5.73. The van der Waals surface area contributed by atoms with Gasteiger partial charge in [0.05, 0.1) is 12.0 Å². The van der Waals surface area contributed by atoms with E-state index < -0.39 is 0 Å². The number of hydrogen-bond donors (Lipinski definition) is 0. The summed E-state index contributed by atoms with van der Waals surface area (Å²) in [7, 11) is 0. The summed E-state index contributed by atoms with van der Waals surface area (Å²) in [4.78, 5) is 4.92. The molecule has 1 aliphatic heterocycles. The van der Waals surface area contributed by atoms with Crippen LogP contribution >= 0.6 is 0 Å². The van der Waals surface area contributed by atoms with Gasteiger partial charge in [0, 0.05) is 17.2 Å². The van der Waals surface area contributed by atoms with Gasteiger partial charge in [-0.2, -0.15) is 0 Å². The van der Waals surface area contributed by atoms with Crippen molar-refractivity contribution < 1.29 is 4.74 Å². The molecule has 1 aromatic rings. The summed E-state index contributed by atoms with van der Waals surface area (Å²) in [5.41, 5.74) is 7.78. The number of fused-ring (bicyclic) bond motifs is 1. The lowest BCUT2D eigenvalue weighted by Gasteiger charge is -2.26. The molecule has 0 saturated carbocycles. The molecule has 0 bridgehead atoms. The Morgan fingerprint density at radius 1 is 1.05 bits per heavy atom. The predicted molar refractivity (Wildman–Crippen MR) is 89.6 cm³/mol. The molecule has 0 fully saturated rings. The third kappa shape index (κ3) is 2.73. The van der Waals surface area contributed by atoms with Gasteiger partial charge in [0.25, 0.3) is 0 Å². The van der Waals surface area contributed by atoms with Crippen LogP contribution in [0.15, 0.2) is 6.26 Å². The zero-order valence-electron chi connectivity index (χ0n) is 14.7. The summed E-state index contributed by atoms with van der Waals surface area (Å²) in [6, 6.07) is 0. The van der Waals surface area contributed by atoms with E-state index in [1.807, 2.05) is 6.26 Å². The van der Waals surface area contributed by atoms with Crippen LogP contribution in [0.4, 0.5) is 0 Å². The third-order valence-corrected chi connectivity index (χ3v) is 4.79. The highest BCUT2D eigenvalue weighted by Gasteiger charge is 2.30. The topological polar surface area (TPSA) is 22.1 Å². The van der Waals surface area contributed by atoms with Gasteiger partial charge >= 0.3 is 0 Å². The van der Waals surface area contributed by atoms with Gasteiger partial charge in [0.15, 0.2) is 0 Å². The lowest BCUT2D eigenvalue weighted by Crippen LogP contribution is -2.17. The van der Waals surface area contributed by atoms with E-state index in [-0.39, 0.29) is 6.10 Å². The van der Waals surface area contributed by atoms with Crippen LogP contribution in [-0.2, 0) is 4.74 Å². The largest absolute Gasteiger partial charge is 0.497 e. The summed E-state index contributed by atoms with van der Waals surface area (Å²) in [6.45, 7) is 17.7. The van der Waals surface area contributed by atoms with Crippen molar-refractivity contribution in [2.75, 3.05) is 0 Å². The molecule has 21 heavy (non-hydrogen) atoms. The number of pyridine rings is 1. The summed E-state index contributed by atoms with van der Waals surface area (Å²) in [5, 5.41) is 0. The van der Waals surface area contributed by atoms with E-state index in [0.717, 1.165) is 5.69 Å². The van der Waals surface area contributed by atoms with Gasteiger partial charge in [-0.05, 0) is 49.3 Å². The maximum absolute atomic E-state index is 6.01. The Labute approximate surface area is 129 Å². The van der Waals surface area contributed by atoms with Gasteiger partial charge in [0.1, 0.15) is 6.10 Å². The first-order valence-corrected chi connectivity index (χ1v) is 8.12. The van der Waals surface area contributed by atoms with Crippen LogP contribution in [-0.4, -0.2) is 11.1 Å². The van der Waals surface area contributed by atoms with E-state index in [4.69, 9.17) is 9.72 Å².